The number of hydrogen-bond acceptors (Lipinski definition) is 4. The van der Waals surface area contributed by atoms with E-state index in [0.717, 1.165) is 5.56 Å². The Morgan fingerprint density at radius 2 is 1.58 bits per heavy atom. The average Bonchev–Trinajstić information content (AvgIpc) is 2.53. The van der Waals surface area contributed by atoms with Crippen LogP contribution < -0.4 is 15.8 Å². The van der Waals surface area contributed by atoms with Crippen LogP contribution in [0.4, 0.5) is 13.2 Å². The van der Waals surface area contributed by atoms with Gasteiger partial charge in [-0.15, -0.1) is 0 Å². The maximum atomic E-state index is 12.3. The summed E-state index contributed by atoms with van der Waals surface area (Å²) < 4.78 is 63.9. The van der Waals surface area contributed by atoms with Crippen molar-refractivity contribution in [2.24, 2.45) is 5.73 Å². The number of sulfonamides is 1. The average molecular weight is 365 g/mol. The van der Waals surface area contributed by atoms with E-state index in [1.165, 1.54) is 12.1 Å². The van der Waals surface area contributed by atoms with Crippen molar-refractivity contribution in [3.8, 4) is 0 Å². The summed E-state index contributed by atoms with van der Waals surface area (Å²) in [6.45, 7) is -0.676. The fraction of sp³-hybridized carbons (Fsp3) is 0.600. The number of nitrogens with two attached hydrogens (primary N) is 1. The largest absolute Gasteiger partial charge is 0.401 e. The van der Waals surface area contributed by atoms with Gasteiger partial charge in [-0.3, -0.25) is 0 Å². The highest BCUT2D eigenvalue weighted by Gasteiger charge is 2.30. The van der Waals surface area contributed by atoms with Gasteiger partial charge in [0.25, 0.3) is 0 Å². The van der Waals surface area contributed by atoms with Crippen LogP contribution in [0.1, 0.15) is 31.2 Å². The highest BCUT2D eigenvalue weighted by Crippen LogP contribution is 2.22. The van der Waals surface area contributed by atoms with E-state index in [2.05, 4.69) is 10.0 Å². The van der Waals surface area contributed by atoms with Crippen molar-refractivity contribution in [1.29, 1.82) is 0 Å². The topological polar surface area (TPSA) is 84.2 Å². The number of benzene rings is 1. The lowest BCUT2D eigenvalue weighted by molar-refractivity contribution is -0.126. The van der Waals surface area contributed by atoms with Crippen LogP contribution in [0.2, 0.25) is 0 Å². The van der Waals surface area contributed by atoms with Crippen LogP contribution in [0.5, 0.6) is 0 Å². The van der Waals surface area contributed by atoms with Crippen LogP contribution >= 0.6 is 0 Å². The second-order valence-corrected chi connectivity index (χ2v) is 7.73. The number of halogens is 3. The van der Waals surface area contributed by atoms with Crippen molar-refractivity contribution in [1.82, 2.24) is 10.0 Å². The second kappa shape index (κ2) is 7.81. The van der Waals surface area contributed by atoms with Gasteiger partial charge in [0.1, 0.15) is 0 Å². The molecule has 1 aromatic carbocycles. The van der Waals surface area contributed by atoms with Gasteiger partial charge in [0.05, 0.1) is 11.4 Å². The lowest BCUT2D eigenvalue weighted by atomic mass is 9.92. The van der Waals surface area contributed by atoms with Crippen molar-refractivity contribution in [3.05, 3.63) is 29.8 Å². The Hall–Kier alpha value is -1.16. The van der Waals surface area contributed by atoms with Crippen molar-refractivity contribution >= 4 is 10.0 Å². The Labute approximate surface area is 139 Å². The Balaban J connectivity index is 1.86. The number of alkyl halides is 3. The van der Waals surface area contributed by atoms with Gasteiger partial charge in [0, 0.05) is 18.6 Å². The van der Waals surface area contributed by atoms with E-state index in [9.17, 15) is 21.6 Å². The van der Waals surface area contributed by atoms with E-state index in [1.54, 1.807) is 12.1 Å². The minimum Gasteiger partial charge on any atom is -0.326 e. The predicted octanol–water partition coefficient (Wildman–Crippen LogP) is 1.89. The van der Waals surface area contributed by atoms with E-state index >= 15 is 0 Å². The third kappa shape index (κ3) is 5.73. The fourth-order valence-electron chi connectivity index (χ4n) is 2.77. The molecule has 0 spiro atoms. The molecule has 1 saturated carbocycles. The Kier molecular flexibility index (Phi) is 6.24. The number of nitrogens with one attached hydrogen (secondary N) is 2. The Bertz CT molecular complexity index is 624. The molecule has 0 unspecified atom stereocenters. The monoisotopic (exact) mass is 365 g/mol. The minimum absolute atomic E-state index is 0.164. The summed E-state index contributed by atoms with van der Waals surface area (Å²) in [5.41, 5.74) is 6.32. The lowest BCUT2D eigenvalue weighted by Crippen LogP contribution is -2.44. The first-order valence-corrected chi connectivity index (χ1v) is 9.29. The van der Waals surface area contributed by atoms with Gasteiger partial charge in [-0.2, -0.15) is 13.2 Å². The van der Waals surface area contributed by atoms with E-state index in [4.69, 9.17) is 5.73 Å². The van der Waals surface area contributed by atoms with E-state index in [1.807, 2.05) is 0 Å². The summed E-state index contributed by atoms with van der Waals surface area (Å²) in [7, 11) is -3.63. The first-order chi connectivity index (χ1) is 11.2. The third-order valence-electron chi connectivity index (χ3n) is 4.11. The molecule has 4 N–H and O–H groups in total. The molecule has 0 heterocycles. The van der Waals surface area contributed by atoms with Gasteiger partial charge >= 0.3 is 6.18 Å². The summed E-state index contributed by atoms with van der Waals surface area (Å²) in [4.78, 5) is 0.164. The summed E-state index contributed by atoms with van der Waals surface area (Å²) in [6.07, 6.45) is -2.19. The van der Waals surface area contributed by atoms with Gasteiger partial charge in [-0.25, -0.2) is 13.1 Å². The molecule has 0 saturated heterocycles. The molecule has 24 heavy (non-hydrogen) atoms. The first-order valence-electron chi connectivity index (χ1n) is 7.81. The summed E-state index contributed by atoms with van der Waals surface area (Å²) in [6, 6.07) is 5.84. The van der Waals surface area contributed by atoms with E-state index < -0.39 is 22.7 Å². The molecule has 0 radical (unpaired) electrons. The molecule has 9 heteroatoms. The minimum atomic E-state index is -4.23. The molecule has 1 aliphatic rings. The number of rotatable bonds is 6. The molecule has 1 fully saturated rings. The van der Waals surface area contributed by atoms with E-state index in [-0.39, 0.29) is 17.0 Å². The zero-order chi connectivity index (χ0) is 17.8. The fourth-order valence-corrected chi connectivity index (χ4v) is 4.07. The molecule has 5 nitrogen and oxygen atoms in total. The first kappa shape index (κ1) is 19.2. The quantitative estimate of drug-likeness (QED) is 0.719. The predicted molar refractivity (Wildman–Crippen MR) is 84.8 cm³/mol. The smallest absolute Gasteiger partial charge is 0.326 e. The van der Waals surface area contributed by atoms with Crippen molar-refractivity contribution in [2.45, 2.75) is 55.4 Å². The molecule has 1 aliphatic carbocycles. The normalized spacial score (nSPS) is 22.5. The summed E-state index contributed by atoms with van der Waals surface area (Å²) >= 11 is 0. The molecule has 2 rings (SSSR count). The number of hydrogen-bond donors (Lipinski definition) is 3. The Morgan fingerprint density at radius 1 is 1.04 bits per heavy atom. The SMILES string of the molecule is NCc1ccc(S(=O)(=O)NC2CCC(NCC(F)(F)F)CC2)cc1. The maximum absolute atomic E-state index is 12.3. The summed E-state index contributed by atoms with van der Waals surface area (Å²) in [5, 5.41) is 2.48. The maximum Gasteiger partial charge on any atom is 0.401 e. The van der Waals surface area contributed by atoms with Crippen LogP contribution in [0.3, 0.4) is 0 Å². The van der Waals surface area contributed by atoms with Gasteiger partial charge in [-0.1, -0.05) is 12.1 Å². The molecule has 0 atom stereocenters. The van der Waals surface area contributed by atoms with Gasteiger partial charge in [-0.05, 0) is 43.4 Å². The van der Waals surface area contributed by atoms with Crippen LogP contribution in [0.15, 0.2) is 29.2 Å². The van der Waals surface area contributed by atoms with Crippen LogP contribution in [0.25, 0.3) is 0 Å². The Morgan fingerprint density at radius 3 is 2.08 bits per heavy atom. The zero-order valence-electron chi connectivity index (χ0n) is 13.1. The molecule has 0 aromatic heterocycles. The van der Waals surface area contributed by atoms with Gasteiger partial charge in [0.2, 0.25) is 10.0 Å². The van der Waals surface area contributed by atoms with Crippen molar-refractivity contribution in [2.75, 3.05) is 6.54 Å². The van der Waals surface area contributed by atoms with Crippen molar-refractivity contribution < 1.29 is 21.6 Å². The molecule has 136 valence electrons. The van der Waals surface area contributed by atoms with Crippen LogP contribution in [0, 0.1) is 0 Å². The molecule has 0 aliphatic heterocycles. The molecule has 0 bridgehead atoms. The van der Waals surface area contributed by atoms with Crippen LogP contribution in [-0.2, 0) is 16.6 Å². The second-order valence-electron chi connectivity index (χ2n) is 6.01. The molecule has 1 aromatic rings. The molecule has 0 amide bonds. The zero-order valence-corrected chi connectivity index (χ0v) is 14.0. The highest BCUT2D eigenvalue weighted by molar-refractivity contribution is 7.89. The van der Waals surface area contributed by atoms with E-state index in [0.29, 0.717) is 32.2 Å². The molecular formula is C15H22F3N3O2S. The third-order valence-corrected chi connectivity index (χ3v) is 5.65. The van der Waals surface area contributed by atoms with Gasteiger partial charge in [0.15, 0.2) is 0 Å². The standard InChI is InChI=1S/C15H22F3N3O2S/c16-15(17,18)10-20-12-3-5-13(6-4-12)21-24(22,23)14-7-1-11(9-19)2-8-14/h1-2,7-8,12-13,20-21H,3-6,9-10,19H2. The molecular weight excluding hydrogens is 343 g/mol. The van der Waals surface area contributed by atoms with Gasteiger partial charge < -0.3 is 11.1 Å². The van der Waals surface area contributed by atoms with Crippen LogP contribution in [-0.4, -0.2) is 33.2 Å². The highest BCUT2D eigenvalue weighted by atomic mass is 32.2. The lowest BCUT2D eigenvalue weighted by Gasteiger charge is -2.29. The summed E-state index contributed by atoms with van der Waals surface area (Å²) in [5.74, 6) is 0. The van der Waals surface area contributed by atoms with Crippen molar-refractivity contribution in [3.63, 3.8) is 0 Å².